The summed E-state index contributed by atoms with van der Waals surface area (Å²) >= 11 is 0. The van der Waals surface area contributed by atoms with E-state index in [4.69, 9.17) is 0 Å². The van der Waals surface area contributed by atoms with Gasteiger partial charge in [-0.15, -0.1) is 0 Å². The molecule has 4 nitrogen and oxygen atoms in total. The van der Waals surface area contributed by atoms with E-state index in [0.29, 0.717) is 18.7 Å². The van der Waals surface area contributed by atoms with Gasteiger partial charge in [-0.1, -0.05) is 23.8 Å². The second-order valence-electron chi connectivity index (χ2n) is 5.53. The number of rotatable bonds is 3. The minimum atomic E-state index is -0.627. The van der Waals surface area contributed by atoms with Crippen molar-refractivity contribution in [1.82, 2.24) is 10.2 Å². The van der Waals surface area contributed by atoms with Crippen LogP contribution in [0.15, 0.2) is 24.3 Å². The van der Waals surface area contributed by atoms with Gasteiger partial charge in [0, 0.05) is 18.7 Å². The zero-order valence-electron chi connectivity index (χ0n) is 11.7. The molecule has 102 valence electrons. The van der Waals surface area contributed by atoms with Crippen LogP contribution < -0.4 is 5.32 Å². The monoisotopic (exact) mass is 260 g/mol. The minimum Gasteiger partial charge on any atom is -0.353 e. The van der Waals surface area contributed by atoms with Crippen LogP contribution in [0.3, 0.4) is 0 Å². The molecule has 19 heavy (non-hydrogen) atoms. The molecule has 0 atom stereocenters. The number of carbonyl (C=O) groups is 2. The Kier molecular flexibility index (Phi) is 3.71. The van der Waals surface area contributed by atoms with Crippen LogP contribution in [0.5, 0.6) is 0 Å². The average Bonchev–Trinajstić information content (AvgIpc) is 2.35. The number of benzene rings is 1. The van der Waals surface area contributed by atoms with Gasteiger partial charge in [0.05, 0.1) is 12.1 Å². The van der Waals surface area contributed by atoms with Gasteiger partial charge in [0.25, 0.3) is 0 Å². The molecule has 1 saturated heterocycles. The molecule has 1 aliphatic heterocycles. The predicted octanol–water partition coefficient (Wildman–Crippen LogP) is 1.39. The number of piperazine rings is 1. The molecule has 1 N–H and O–H groups in total. The van der Waals surface area contributed by atoms with Gasteiger partial charge in [0.1, 0.15) is 0 Å². The van der Waals surface area contributed by atoms with Crippen molar-refractivity contribution in [2.75, 3.05) is 19.6 Å². The maximum absolute atomic E-state index is 12.3. The molecule has 1 aromatic rings. The Labute approximate surface area is 113 Å². The summed E-state index contributed by atoms with van der Waals surface area (Å²) in [5.74, 6) is 0.0438. The van der Waals surface area contributed by atoms with Gasteiger partial charge in [-0.05, 0) is 26.8 Å². The summed E-state index contributed by atoms with van der Waals surface area (Å²) in [7, 11) is 0. The summed E-state index contributed by atoms with van der Waals surface area (Å²) in [5, 5.41) is 2.83. The summed E-state index contributed by atoms with van der Waals surface area (Å²) in [6.07, 6.45) is 0. The van der Waals surface area contributed by atoms with Crippen LogP contribution >= 0.6 is 0 Å². The third-order valence-corrected chi connectivity index (χ3v) is 3.69. The summed E-state index contributed by atoms with van der Waals surface area (Å²) in [5.41, 5.74) is 1.15. The molecule has 1 aliphatic rings. The Bertz CT molecular complexity index is 509. The molecule has 2 rings (SSSR count). The van der Waals surface area contributed by atoms with Crippen molar-refractivity contribution in [1.29, 1.82) is 0 Å². The largest absolute Gasteiger partial charge is 0.353 e. The number of hydrogen-bond acceptors (Lipinski definition) is 3. The number of nitrogens with one attached hydrogen (secondary N) is 1. The van der Waals surface area contributed by atoms with Crippen molar-refractivity contribution < 1.29 is 9.59 Å². The van der Waals surface area contributed by atoms with Crippen LogP contribution in [-0.4, -0.2) is 41.8 Å². The highest BCUT2D eigenvalue weighted by atomic mass is 16.2. The van der Waals surface area contributed by atoms with Crippen molar-refractivity contribution >= 4 is 11.7 Å². The lowest BCUT2D eigenvalue weighted by molar-refractivity contribution is -0.134. The highest BCUT2D eigenvalue weighted by Gasteiger charge is 2.38. The molecule has 0 spiro atoms. The maximum atomic E-state index is 12.3. The Balaban J connectivity index is 2.12. The van der Waals surface area contributed by atoms with Crippen LogP contribution in [0.25, 0.3) is 0 Å². The fraction of sp³-hybridized carbons (Fsp3) is 0.467. The molecular weight excluding hydrogens is 240 g/mol. The number of hydrogen-bond donors (Lipinski definition) is 1. The van der Waals surface area contributed by atoms with Gasteiger partial charge >= 0.3 is 0 Å². The molecule has 0 saturated carbocycles. The topological polar surface area (TPSA) is 49.4 Å². The summed E-state index contributed by atoms with van der Waals surface area (Å²) in [6.45, 7) is 7.26. The Hall–Kier alpha value is -1.68. The van der Waals surface area contributed by atoms with Crippen molar-refractivity contribution in [2.24, 2.45) is 0 Å². The predicted molar refractivity (Wildman–Crippen MR) is 74.2 cm³/mol. The lowest BCUT2D eigenvalue weighted by atomic mass is 9.97. The lowest BCUT2D eigenvalue weighted by Crippen LogP contribution is -2.62. The van der Waals surface area contributed by atoms with Gasteiger partial charge in [-0.2, -0.15) is 0 Å². The minimum absolute atomic E-state index is 0.0178. The molecule has 0 aliphatic carbocycles. The van der Waals surface area contributed by atoms with E-state index in [1.54, 1.807) is 0 Å². The Morgan fingerprint density at radius 2 is 2.16 bits per heavy atom. The standard InChI is InChI=1S/C15H20N2O2/c1-11-5-4-6-12(9-11)13(18)10-17-8-7-16-14(19)15(17,2)3/h4-6,9H,7-8,10H2,1-3H3,(H,16,19). The first kappa shape index (κ1) is 13.7. The zero-order valence-corrected chi connectivity index (χ0v) is 11.7. The van der Waals surface area contributed by atoms with E-state index in [0.717, 1.165) is 5.56 Å². The quantitative estimate of drug-likeness (QED) is 0.836. The normalized spacial score (nSPS) is 19.0. The van der Waals surface area contributed by atoms with E-state index in [-0.39, 0.29) is 18.2 Å². The number of nitrogens with zero attached hydrogens (tertiary/aromatic N) is 1. The van der Waals surface area contributed by atoms with E-state index in [1.165, 1.54) is 0 Å². The second-order valence-corrected chi connectivity index (χ2v) is 5.53. The molecule has 4 heteroatoms. The van der Waals surface area contributed by atoms with Gasteiger partial charge in [-0.3, -0.25) is 14.5 Å². The molecule has 0 bridgehead atoms. The summed E-state index contributed by atoms with van der Waals surface area (Å²) in [4.78, 5) is 26.1. The fourth-order valence-electron chi connectivity index (χ4n) is 2.30. The van der Waals surface area contributed by atoms with Gasteiger partial charge in [0.15, 0.2) is 5.78 Å². The molecule has 0 radical (unpaired) electrons. The van der Waals surface area contributed by atoms with Crippen LogP contribution in [0.2, 0.25) is 0 Å². The number of ketones is 1. The van der Waals surface area contributed by atoms with Gasteiger partial charge in [-0.25, -0.2) is 0 Å². The first-order valence-corrected chi connectivity index (χ1v) is 6.54. The van der Waals surface area contributed by atoms with Crippen LogP contribution in [0, 0.1) is 6.92 Å². The molecule has 1 aromatic carbocycles. The highest BCUT2D eigenvalue weighted by Crippen LogP contribution is 2.18. The first-order chi connectivity index (χ1) is 8.91. The van der Waals surface area contributed by atoms with E-state index in [1.807, 2.05) is 49.9 Å². The molecular formula is C15H20N2O2. The Morgan fingerprint density at radius 3 is 2.84 bits per heavy atom. The van der Waals surface area contributed by atoms with Crippen molar-refractivity contribution in [3.8, 4) is 0 Å². The number of carbonyl (C=O) groups excluding carboxylic acids is 2. The highest BCUT2D eigenvalue weighted by molar-refractivity contribution is 5.98. The van der Waals surface area contributed by atoms with Crippen LogP contribution in [0.4, 0.5) is 0 Å². The third kappa shape index (κ3) is 2.84. The zero-order chi connectivity index (χ0) is 14.0. The molecule has 1 fully saturated rings. The van der Waals surface area contributed by atoms with E-state index in [9.17, 15) is 9.59 Å². The number of aryl methyl sites for hydroxylation is 1. The van der Waals surface area contributed by atoms with Gasteiger partial charge in [0.2, 0.25) is 5.91 Å². The van der Waals surface area contributed by atoms with Gasteiger partial charge < -0.3 is 5.32 Å². The van der Waals surface area contributed by atoms with E-state index in [2.05, 4.69) is 5.32 Å². The summed E-state index contributed by atoms with van der Waals surface area (Å²) in [6, 6.07) is 7.57. The van der Waals surface area contributed by atoms with Crippen molar-refractivity contribution in [3.05, 3.63) is 35.4 Å². The maximum Gasteiger partial charge on any atom is 0.240 e. The molecule has 0 aromatic heterocycles. The van der Waals surface area contributed by atoms with E-state index >= 15 is 0 Å². The van der Waals surface area contributed by atoms with Crippen LogP contribution in [-0.2, 0) is 4.79 Å². The molecule has 1 amide bonds. The number of amides is 1. The molecule has 0 unspecified atom stereocenters. The number of Topliss-reactive ketones (excluding diaryl/α,β-unsaturated/α-hetero) is 1. The second kappa shape index (κ2) is 5.13. The van der Waals surface area contributed by atoms with Crippen molar-refractivity contribution in [2.45, 2.75) is 26.3 Å². The first-order valence-electron chi connectivity index (χ1n) is 6.54. The fourth-order valence-corrected chi connectivity index (χ4v) is 2.30. The van der Waals surface area contributed by atoms with Crippen molar-refractivity contribution in [3.63, 3.8) is 0 Å². The third-order valence-electron chi connectivity index (χ3n) is 3.69. The lowest BCUT2D eigenvalue weighted by Gasteiger charge is -2.40. The summed E-state index contributed by atoms with van der Waals surface area (Å²) < 4.78 is 0. The van der Waals surface area contributed by atoms with E-state index < -0.39 is 5.54 Å². The smallest absolute Gasteiger partial charge is 0.240 e. The molecule has 1 heterocycles. The van der Waals surface area contributed by atoms with Crippen LogP contribution in [0.1, 0.15) is 29.8 Å². The SMILES string of the molecule is Cc1cccc(C(=O)CN2CCNC(=O)C2(C)C)c1. The average molecular weight is 260 g/mol. The Morgan fingerprint density at radius 1 is 1.42 bits per heavy atom.